The number of halogens is 3. The van der Waals surface area contributed by atoms with E-state index in [1.54, 1.807) is 0 Å². The third kappa shape index (κ3) is 6.23. The van der Waals surface area contributed by atoms with Crippen LogP contribution in [0.2, 0.25) is 0 Å². The fourth-order valence-corrected chi connectivity index (χ4v) is 5.05. The first-order valence-corrected chi connectivity index (χ1v) is 13.0. The number of anilines is 2. The predicted molar refractivity (Wildman–Crippen MR) is 140 cm³/mol. The monoisotopic (exact) mass is 513 g/mol. The number of hydrazone groups is 1. The lowest BCUT2D eigenvalue weighted by Crippen LogP contribution is -2.39. The Morgan fingerprint density at radius 2 is 1.92 bits per heavy atom. The molecule has 0 radical (unpaired) electrons. The molecule has 1 unspecified atom stereocenters. The van der Waals surface area contributed by atoms with Gasteiger partial charge in [-0.1, -0.05) is 13.8 Å². The fraction of sp³-hybridized carbons (Fsp3) is 0.519. The lowest BCUT2D eigenvalue weighted by Gasteiger charge is -2.33. The highest BCUT2D eigenvalue weighted by molar-refractivity contribution is 5.79. The number of hydrogen-bond donors (Lipinski definition) is 2. The second-order valence-electron chi connectivity index (χ2n) is 10.4. The van der Waals surface area contributed by atoms with E-state index in [1.807, 2.05) is 35.7 Å². The van der Waals surface area contributed by atoms with Gasteiger partial charge in [-0.3, -0.25) is 9.99 Å². The van der Waals surface area contributed by atoms with Gasteiger partial charge in [0.2, 0.25) is 0 Å². The maximum atomic E-state index is 12.9. The number of likely N-dealkylation sites (tertiary alicyclic amines) is 1. The minimum atomic E-state index is -4.06. The number of aromatic amines is 1. The van der Waals surface area contributed by atoms with Crippen molar-refractivity contribution < 1.29 is 13.2 Å². The molecule has 0 amide bonds. The van der Waals surface area contributed by atoms with Gasteiger partial charge in [0.15, 0.2) is 0 Å². The summed E-state index contributed by atoms with van der Waals surface area (Å²) in [7, 11) is 0. The van der Waals surface area contributed by atoms with Crippen molar-refractivity contribution in [3.63, 3.8) is 0 Å². The first kappa shape index (κ1) is 25.5. The van der Waals surface area contributed by atoms with Gasteiger partial charge in [0.1, 0.15) is 11.6 Å². The number of fused-ring (bicyclic) bond motifs is 1. The van der Waals surface area contributed by atoms with Gasteiger partial charge < -0.3 is 15.2 Å². The summed E-state index contributed by atoms with van der Waals surface area (Å²) in [6, 6.07) is 8.06. The number of alkyl halides is 3. The summed E-state index contributed by atoms with van der Waals surface area (Å²) in [5, 5.41) is 9.95. The van der Waals surface area contributed by atoms with E-state index in [0.717, 1.165) is 54.3 Å². The minimum Gasteiger partial charge on any atom is -0.348 e. The van der Waals surface area contributed by atoms with Crippen LogP contribution in [-0.2, 0) is 0 Å². The Bertz CT molecular complexity index is 1230. The molecule has 2 N–H and O–H groups in total. The molecule has 5 heterocycles. The Morgan fingerprint density at radius 3 is 2.65 bits per heavy atom. The minimum absolute atomic E-state index is 0.134. The van der Waals surface area contributed by atoms with Crippen molar-refractivity contribution >= 4 is 28.9 Å². The van der Waals surface area contributed by atoms with E-state index in [1.165, 1.54) is 5.56 Å². The highest BCUT2D eigenvalue weighted by Crippen LogP contribution is 2.34. The molecular formula is C27H34F3N7. The van der Waals surface area contributed by atoms with E-state index < -0.39 is 12.1 Å². The molecule has 1 fully saturated rings. The summed E-state index contributed by atoms with van der Waals surface area (Å²) in [5.74, 6) is 1.10. The van der Waals surface area contributed by atoms with Crippen molar-refractivity contribution in [3.8, 4) is 0 Å². The van der Waals surface area contributed by atoms with Crippen molar-refractivity contribution in [1.29, 1.82) is 0 Å². The Hall–Kier alpha value is -3.14. The number of pyridine rings is 2. The molecule has 1 atom stereocenters. The third-order valence-corrected chi connectivity index (χ3v) is 7.38. The van der Waals surface area contributed by atoms with Crippen molar-refractivity contribution in [2.24, 2.45) is 11.0 Å². The molecule has 0 saturated carbocycles. The second-order valence-corrected chi connectivity index (χ2v) is 10.4. The lowest BCUT2D eigenvalue weighted by molar-refractivity contribution is -0.185. The molecule has 2 aliphatic rings. The van der Waals surface area contributed by atoms with E-state index in [9.17, 15) is 13.2 Å². The van der Waals surface area contributed by atoms with E-state index in [2.05, 4.69) is 51.3 Å². The van der Waals surface area contributed by atoms with E-state index in [0.29, 0.717) is 19.0 Å². The van der Waals surface area contributed by atoms with Crippen LogP contribution in [0.1, 0.15) is 56.1 Å². The fourth-order valence-electron chi connectivity index (χ4n) is 5.05. The molecule has 3 aromatic rings. The van der Waals surface area contributed by atoms with Crippen molar-refractivity contribution in [2.45, 2.75) is 51.1 Å². The van der Waals surface area contributed by atoms with Crippen LogP contribution in [0, 0.1) is 5.92 Å². The maximum Gasteiger partial charge on any atom is 0.391 e. The molecule has 0 spiro atoms. The zero-order chi connectivity index (χ0) is 26.0. The van der Waals surface area contributed by atoms with Crippen molar-refractivity contribution in [2.75, 3.05) is 38.0 Å². The molecule has 1 saturated heterocycles. The SMILES string of the molecule is CC(C)c1c[nH]c(Nc2ccc3ncc(C4C=NN(CCCN5CCC(C(F)(F)F)CC5)C4)cc3n2)c1. The van der Waals surface area contributed by atoms with Gasteiger partial charge in [-0.2, -0.15) is 18.3 Å². The number of rotatable bonds is 8. The molecule has 0 bridgehead atoms. The van der Waals surface area contributed by atoms with Crippen LogP contribution in [0.5, 0.6) is 0 Å². The van der Waals surface area contributed by atoms with Gasteiger partial charge in [0.05, 0.1) is 17.0 Å². The number of H-pyrrole nitrogens is 1. The summed E-state index contributed by atoms with van der Waals surface area (Å²) in [5.41, 5.74) is 3.97. The van der Waals surface area contributed by atoms with Crippen molar-refractivity contribution in [3.05, 3.63) is 47.8 Å². The molecule has 7 nitrogen and oxygen atoms in total. The topological polar surface area (TPSA) is 72.4 Å². The van der Waals surface area contributed by atoms with Gasteiger partial charge in [0, 0.05) is 37.6 Å². The van der Waals surface area contributed by atoms with Crippen LogP contribution in [0.4, 0.5) is 24.8 Å². The summed E-state index contributed by atoms with van der Waals surface area (Å²) in [6.45, 7) is 7.71. The summed E-state index contributed by atoms with van der Waals surface area (Å²) >= 11 is 0. The zero-order valence-electron chi connectivity index (χ0n) is 21.3. The van der Waals surface area contributed by atoms with E-state index >= 15 is 0 Å². The molecule has 0 aliphatic carbocycles. The quantitative estimate of drug-likeness (QED) is 0.394. The summed E-state index contributed by atoms with van der Waals surface area (Å²) in [4.78, 5) is 14.8. The highest BCUT2D eigenvalue weighted by Gasteiger charge is 2.40. The van der Waals surface area contributed by atoms with Crippen LogP contribution in [0.3, 0.4) is 0 Å². The average molecular weight is 514 g/mol. The van der Waals surface area contributed by atoms with Crippen LogP contribution >= 0.6 is 0 Å². The number of nitrogens with zero attached hydrogens (tertiary/aromatic N) is 5. The Balaban J connectivity index is 1.13. The van der Waals surface area contributed by atoms with Gasteiger partial charge in [0.25, 0.3) is 0 Å². The second kappa shape index (κ2) is 10.7. The predicted octanol–water partition coefficient (Wildman–Crippen LogP) is 5.87. The van der Waals surface area contributed by atoms with Gasteiger partial charge in [-0.15, -0.1) is 0 Å². The third-order valence-electron chi connectivity index (χ3n) is 7.38. The molecule has 37 heavy (non-hydrogen) atoms. The molecular weight excluding hydrogens is 479 g/mol. The number of aromatic nitrogens is 3. The Morgan fingerprint density at radius 1 is 1.11 bits per heavy atom. The van der Waals surface area contributed by atoms with E-state index in [-0.39, 0.29) is 18.8 Å². The number of nitrogens with one attached hydrogen (secondary N) is 2. The Kier molecular flexibility index (Phi) is 7.37. The normalized spacial score (nSPS) is 19.4. The standard InChI is InChI=1S/C27H34F3N7/c1-18(2)19-13-26(32-14-19)35-25-5-4-23-24(34-25)12-20(15-31-23)21-16-33-37(17-21)9-3-8-36-10-6-22(7-11-36)27(28,29)30/h4-5,12-16,18,21-22,32H,3,6-11,17H2,1-2H3,(H,34,35). The number of hydrogen-bond acceptors (Lipinski definition) is 6. The summed E-state index contributed by atoms with van der Waals surface area (Å²) in [6.07, 6.45) is 3.08. The molecule has 0 aromatic carbocycles. The van der Waals surface area contributed by atoms with Gasteiger partial charge in [-0.05, 0) is 80.2 Å². The Labute approximate surface area is 215 Å². The molecule has 2 aliphatic heterocycles. The summed E-state index contributed by atoms with van der Waals surface area (Å²) < 4.78 is 38.6. The van der Waals surface area contributed by atoms with Crippen LogP contribution in [0.15, 0.2) is 41.8 Å². The van der Waals surface area contributed by atoms with Crippen LogP contribution in [0.25, 0.3) is 11.0 Å². The van der Waals surface area contributed by atoms with E-state index in [4.69, 9.17) is 4.98 Å². The van der Waals surface area contributed by atoms with Crippen LogP contribution < -0.4 is 5.32 Å². The van der Waals surface area contributed by atoms with Crippen LogP contribution in [-0.4, -0.2) is 70.0 Å². The van der Waals surface area contributed by atoms with Crippen molar-refractivity contribution in [1.82, 2.24) is 24.9 Å². The molecule has 5 rings (SSSR count). The lowest BCUT2D eigenvalue weighted by atomic mass is 9.96. The first-order valence-electron chi connectivity index (χ1n) is 13.0. The zero-order valence-corrected chi connectivity index (χ0v) is 21.3. The molecule has 3 aromatic heterocycles. The smallest absolute Gasteiger partial charge is 0.348 e. The highest BCUT2D eigenvalue weighted by atomic mass is 19.4. The molecule has 10 heteroatoms. The van der Waals surface area contributed by atoms with Gasteiger partial charge in [-0.25, -0.2) is 4.98 Å². The maximum absolute atomic E-state index is 12.9. The first-order chi connectivity index (χ1) is 17.7. The number of piperidine rings is 1. The van der Waals surface area contributed by atoms with Gasteiger partial charge >= 0.3 is 6.18 Å². The average Bonchev–Trinajstić information content (AvgIpc) is 3.54. The largest absolute Gasteiger partial charge is 0.391 e. The molecule has 198 valence electrons.